The highest BCUT2D eigenvalue weighted by molar-refractivity contribution is 5.87. The van der Waals surface area contributed by atoms with E-state index in [1.165, 1.54) is 12.1 Å². The van der Waals surface area contributed by atoms with Crippen molar-refractivity contribution in [1.29, 1.82) is 0 Å². The van der Waals surface area contributed by atoms with E-state index < -0.39 is 11.5 Å². The number of carbonyl (C=O) groups excluding carboxylic acids is 1. The van der Waals surface area contributed by atoms with E-state index in [0.717, 1.165) is 18.4 Å². The first-order valence-electron chi connectivity index (χ1n) is 7.55. The van der Waals surface area contributed by atoms with Crippen LogP contribution in [0, 0.1) is 11.7 Å². The van der Waals surface area contributed by atoms with Crippen molar-refractivity contribution in [3.8, 4) is 0 Å². The van der Waals surface area contributed by atoms with Gasteiger partial charge in [-0.1, -0.05) is 38.8 Å². The summed E-state index contributed by atoms with van der Waals surface area (Å²) in [6, 6.07) is 5.94. The second kappa shape index (κ2) is 7.55. The second-order valence-electron chi connectivity index (χ2n) is 5.99. The number of rotatable bonds is 7. The number of hydrogen-bond donors (Lipinski definition) is 2. The highest BCUT2D eigenvalue weighted by atomic mass is 19.1. The van der Waals surface area contributed by atoms with Crippen molar-refractivity contribution < 1.29 is 14.3 Å². The lowest BCUT2D eigenvalue weighted by molar-refractivity contribution is -0.126. The van der Waals surface area contributed by atoms with E-state index in [-0.39, 0.29) is 24.2 Å². The Morgan fingerprint density at radius 1 is 1.24 bits per heavy atom. The standard InChI is InChI=1S/C17H26FNO2/c1-5-12(6-2)15(20)11-19-16(21)17(3,4)13-7-9-14(18)10-8-13/h7-10,12,15,20H,5-6,11H2,1-4H3,(H,19,21). The minimum absolute atomic E-state index is 0.167. The molecule has 1 atom stereocenters. The SMILES string of the molecule is CCC(CC)C(O)CNC(=O)C(C)(C)c1ccc(F)cc1. The normalized spacial score (nSPS) is 13.3. The number of amides is 1. The summed E-state index contributed by atoms with van der Waals surface area (Å²) in [5.74, 6) is -0.294. The molecule has 1 rings (SSSR count). The van der Waals surface area contributed by atoms with Crippen LogP contribution in [0.4, 0.5) is 4.39 Å². The first kappa shape index (κ1) is 17.6. The molecule has 2 N–H and O–H groups in total. The lowest BCUT2D eigenvalue weighted by atomic mass is 9.83. The summed E-state index contributed by atoms with van der Waals surface area (Å²) in [7, 11) is 0. The fourth-order valence-electron chi connectivity index (χ4n) is 2.42. The quantitative estimate of drug-likeness (QED) is 0.812. The lowest BCUT2D eigenvalue weighted by Gasteiger charge is -2.26. The van der Waals surface area contributed by atoms with Crippen LogP contribution in [0.5, 0.6) is 0 Å². The van der Waals surface area contributed by atoms with E-state index in [2.05, 4.69) is 5.32 Å². The summed E-state index contributed by atoms with van der Waals surface area (Å²) in [6.45, 7) is 7.89. The van der Waals surface area contributed by atoms with Gasteiger partial charge in [-0.2, -0.15) is 0 Å². The van der Waals surface area contributed by atoms with Crippen LogP contribution >= 0.6 is 0 Å². The van der Waals surface area contributed by atoms with Crippen LogP contribution < -0.4 is 5.32 Å². The van der Waals surface area contributed by atoms with Crippen LogP contribution in [0.3, 0.4) is 0 Å². The summed E-state index contributed by atoms with van der Waals surface area (Å²) in [4.78, 5) is 12.3. The van der Waals surface area contributed by atoms with Gasteiger partial charge in [-0.3, -0.25) is 4.79 Å². The van der Waals surface area contributed by atoms with Crippen molar-refractivity contribution in [2.45, 2.75) is 52.1 Å². The van der Waals surface area contributed by atoms with Crippen molar-refractivity contribution >= 4 is 5.91 Å². The maximum absolute atomic E-state index is 13.0. The average Bonchev–Trinajstić information content (AvgIpc) is 2.46. The van der Waals surface area contributed by atoms with Crippen LogP contribution in [0.25, 0.3) is 0 Å². The minimum atomic E-state index is -0.763. The molecule has 1 aromatic rings. The maximum Gasteiger partial charge on any atom is 0.230 e. The Labute approximate surface area is 126 Å². The summed E-state index contributed by atoms with van der Waals surface area (Å²) in [5.41, 5.74) is -0.0140. The van der Waals surface area contributed by atoms with Gasteiger partial charge in [0.2, 0.25) is 5.91 Å². The van der Waals surface area contributed by atoms with Gasteiger partial charge in [0.25, 0.3) is 0 Å². The number of hydrogen-bond acceptors (Lipinski definition) is 2. The first-order valence-corrected chi connectivity index (χ1v) is 7.55. The molecular formula is C17H26FNO2. The van der Waals surface area contributed by atoms with Gasteiger partial charge in [-0.05, 0) is 37.5 Å². The molecule has 1 unspecified atom stereocenters. The molecule has 0 saturated heterocycles. The number of aliphatic hydroxyl groups excluding tert-OH is 1. The van der Waals surface area contributed by atoms with E-state index in [0.29, 0.717) is 0 Å². The summed E-state index contributed by atoms with van der Waals surface area (Å²) >= 11 is 0. The number of nitrogens with one attached hydrogen (secondary N) is 1. The van der Waals surface area contributed by atoms with Crippen LogP contribution in [0.15, 0.2) is 24.3 Å². The molecule has 0 radical (unpaired) electrons. The number of aliphatic hydroxyl groups is 1. The molecule has 0 aromatic heterocycles. The van der Waals surface area contributed by atoms with Crippen molar-refractivity contribution in [3.05, 3.63) is 35.6 Å². The van der Waals surface area contributed by atoms with Gasteiger partial charge in [0.1, 0.15) is 5.82 Å². The molecule has 1 aromatic carbocycles. The zero-order chi connectivity index (χ0) is 16.0. The molecule has 0 aliphatic heterocycles. The Kier molecular flexibility index (Phi) is 6.34. The molecule has 1 amide bonds. The monoisotopic (exact) mass is 295 g/mol. The predicted octanol–water partition coefficient (Wildman–Crippen LogP) is 3.02. The third-order valence-electron chi connectivity index (χ3n) is 4.20. The molecule has 0 spiro atoms. The van der Waals surface area contributed by atoms with Crippen LogP contribution in [0.1, 0.15) is 46.1 Å². The fraction of sp³-hybridized carbons (Fsp3) is 0.588. The lowest BCUT2D eigenvalue weighted by Crippen LogP contribution is -2.44. The smallest absolute Gasteiger partial charge is 0.230 e. The third kappa shape index (κ3) is 4.53. The molecule has 0 bridgehead atoms. The largest absolute Gasteiger partial charge is 0.391 e. The zero-order valence-corrected chi connectivity index (χ0v) is 13.3. The predicted molar refractivity (Wildman–Crippen MR) is 82.5 cm³/mol. The topological polar surface area (TPSA) is 49.3 Å². The van der Waals surface area contributed by atoms with Crippen molar-refractivity contribution in [1.82, 2.24) is 5.32 Å². The van der Waals surface area contributed by atoms with E-state index >= 15 is 0 Å². The van der Waals surface area contributed by atoms with Gasteiger partial charge < -0.3 is 10.4 Å². The Morgan fingerprint density at radius 3 is 2.24 bits per heavy atom. The van der Waals surface area contributed by atoms with Crippen LogP contribution in [0.2, 0.25) is 0 Å². The highest BCUT2D eigenvalue weighted by Crippen LogP contribution is 2.23. The van der Waals surface area contributed by atoms with Crippen molar-refractivity contribution in [3.63, 3.8) is 0 Å². The first-order chi connectivity index (χ1) is 9.82. The van der Waals surface area contributed by atoms with E-state index in [1.54, 1.807) is 26.0 Å². The molecule has 3 nitrogen and oxygen atoms in total. The number of halogens is 1. The highest BCUT2D eigenvalue weighted by Gasteiger charge is 2.30. The second-order valence-corrected chi connectivity index (χ2v) is 5.99. The average molecular weight is 295 g/mol. The molecule has 4 heteroatoms. The maximum atomic E-state index is 13.0. The Balaban J connectivity index is 2.67. The van der Waals surface area contributed by atoms with Gasteiger partial charge in [-0.25, -0.2) is 4.39 Å². The minimum Gasteiger partial charge on any atom is -0.391 e. The van der Waals surface area contributed by atoms with Crippen molar-refractivity contribution in [2.75, 3.05) is 6.54 Å². The molecule has 0 aliphatic rings. The fourth-order valence-corrected chi connectivity index (χ4v) is 2.42. The zero-order valence-electron chi connectivity index (χ0n) is 13.3. The number of carbonyl (C=O) groups is 1. The van der Waals surface area contributed by atoms with Gasteiger partial charge in [0.05, 0.1) is 11.5 Å². The summed E-state index contributed by atoms with van der Waals surface area (Å²) < 4.78 is 13.0. The third-order valence-corrected chi connectivity index (χ3v) is 4.20. The summed E-state index contributed by atoms with van der Waals surface area (Å²) in [6.07, 6.45) is 1.23. The van der Waals surface area contributed by atoms with E-state index in [4.69, 9.17) is 0 Å². The van der Waals surface area contributed by atoms with Crippen molar-refractivity contribution in [2.24, 2.45) is 5.92 Å². The van der Waals surface area contributed by atoms with E-state index in [1.807, 2.05) is 13.8 Å². The Morgan fingerprint density at radius 2 is 1.76 bits per heavy atom. The molecule has 0 aliphatic carbocycles. The molecule has 118 valence electrons. The Hall–Kier alpha value is -1.42. The van der Waals surface area contributed by atoms with Crippen LogP contribution in [-0.2, 0) is 10.2 Å². The molecule has 21 heavy (non-hydrogen) atoms. The summed E-state index contributed by atoms with van der Waals surface area (Å²) in [5, 5.41) is 12.9. The number of benzene rings is 1. The molecule has 0 fully saturated rings. The van der Waals surface area contributed by atoms with Gasteiger partial charge >= 0.3 is 0 Å². The van der Waals surface area contributed by atoms with Gasteiger partial charge in [0.15, 0.2) is 0 Å². The van der Waals surface area contributed by atoms with Gasteiger partial charge in [0, 0.05) is 6.54 Å². The van der Waals surface area contributed by atoms with E-state index in [9.17, 15) is 14.3 Å². The van der Waals surface area contributed by atoms with Gasteiger partial charge in [-0.15, -0.1) is 0 Å². The van der Waals surface area contributed by atoms with Crippen LogP contribution in [-0.4, -0.2) is 23.7 Å². The molecular weight excluding hydrogens is 269 g/mol. The Bertz CT molecular complexity index is 452. The molecule has 0 saturated carbocycles. The molecule has 0 heterocycles.